The van der Waals surface area contributed by atoms with Gasteiger partial charge in [0.1, 0.15) is 5.58 Å². The Kier molecular flexibility index (Phi) is 11.4. The Morgan fingerprint density at radius 1 is 0.421 bits per heavy atom. The standard InChI is InChI=1S/C71H70BN3O/c1-45-41-61-64-62(42-45)75(65-56-22-18-17-21-47(56)23-38-57(65)46-19-15-14-16-20-46)60-44-55(73(52-31-24-48(25-32-52)68(2,3)4)53-33-26-49(27-34-53)69(5,6)7)37-39-59(60)72(64)67-66(58-43-51(71(11,12)13)30-40-63(58)76-67)74(61)54-35-28-50(29-36-54)70(8,9)10/h14-44H,1-13H3. The molecule has 0 atom stereocenters. The maximum atomic E-state index is 7.45. The first-order valence-corrected chi connectivity index (χ1v) is 27.3. The fourth-order valence-electron chi connectivity index (χ4n) is 11.8. The van der Waals surface area contributed by atoms with E-state index in [1.165, 1.54) is 66.3 Å². The predicted octanol–water partition coefficient (Wildman–Crippen LogP) is 18.3. The molecule has 5 heteroatoms. The molecule has 0 saturated heterocycles. The van der Waals surface area contributed by atoms with E-state index in [-0.39, 0.29) is 28.4 Å². The van der Waals surface area contributed by atoms with Crippen LogP contribution in [0.5, 0.6) is 0 Å². The first-order chi connectivity index (χ1) is 36.1. The van der Waals surface area contributed by atoms with Crippen LogP contribution in [0.2, 0.25) is 0 Å². The zero-order chi connectivity index (χ0) is 53.2. The van der Waals surface area contributed by atoms with E-state index in [1.807, 2.05) is 0 Å². The van der Waals surface area contributed by atoms with Gasteiger partial charge in [0.15, 0.2) is 0 Å². The largest absolute Gasteiger partial charge is 0.468 e. The average Bonchev–Trinajstić information content (AvgIpc) is 3.87. The number of rotatable bonds is 6. The second-order valence-electron chi connectivity index (χ2n) is 25.6. The molecule has 1 aromatic heterocycles. The summed E-state index contributed by atoms with van der Waals surface area (Å²) in [6.45, 7) is 29.5. The predicted molar refractivity (Wildman–Crippen MR) is 327 cm³/mol. The van der Waals surface area contributed by atoms with Gasteiger partial charge in [-0.3, -0.25) is 0 Å². The van der Waals surface area contributed by atoms with E-state index in [0.29, 0.717) is 0 Å². The summed E-state index contributed by atoms with van der Waals surface area (Å²) < 4.78 is 7.45. The summed E-state index contributed by atoms with van der Waals surface area (Å²) in [6, 6.07) is 71.1. The summed E-state index contributed by atoms with van der Waals surface area (Å²) in [5.74, 6) is 0. The molecule has 0 N–H and O–H groups in total. The fraction of sp³-hybridized carbons (Fsp3) is 0.239. The first kappa shape index (κ1) is 49.1. The third-order valence-corrected chi connectivity index (χ3v) is 16.1. The maximum Gasteiger partial charge on any atom is 0.297 e. The molecule has 0 fully saturated rings. The molecule has 4 nitrogen and oxygen atoms in total. The van der Waals surface area contributed by atoms with Crippen molar-refractivity contribution in [2.75, 3.05) is 14.7 Å². The minimum Gasteiger partial charge on any atom is -0.468 e. The number of aryl methyl sites for hydroxylation is 1. The number of fused-ring (bicyclic) bond motifs is 7. The minimum atomic E-state index is -0.225. The Morgan fingerprint density at radius 3 is 1.54 bits per heavy atom. The summed E-state index contributed by atoms with van der Waals surface area (Å²) >= 11 is 0. The molecule has 0 radical (unpaired) electrons. The highest BCUT2D eigenvalue weighted by Crippen LogP contribution is 2.52. The highest BCUT2D eigenvalue weighted by molar-refractivity contribution is 7.00. The molecule has 0 unspecified atom stereocenters. The summed E-state index contributed by atoms with van der Waals surface area (Å²) in [5.41, 5.74) is 23.0. The minimum absolute atomic E-state index is 0.00243. The van der Waals surface area contributed by atoms with Crippen molar-refractivity contribution in [3.63, 3.8) is 0 Å². The van der Waals surface area contributed by atoms with E-state index in [1.54, 1.807) is 0 Å². The molecule has 0 spiro atoms. The van der Waals surface area contributed by atoms with E-state index >= 15 is 0 Å². The lowest BCUT2D eigenvalue weighted by Gasteiger charge is -2.44. The number of benzene rings is 9. The Bertz CT molecular complexity index is 3800. The molecule has 3 heterocycles. The van der Waals surface area contributed by atoms with Crippen LogP contribution in [0, 0.1) is 6.92 Å². The number of furan rings is 1. The highest BCUT2D eigenvalue weighted by Gasteiger charge is 2.48. The summed E-state index contributed by atoms with van der Waals surface area (Å²) in [6.07, 6.45) is 0. The van der Waals surface area contributed by atoms with Gasteiger partial charge in [-0.2, -0.15) is 0 Å². The Balaban J connectivity index is 1.19. The van der Waals surface area contributed by atoms with Crippen molar-refractivity contribution >= 4 is 96.2 Å². The van der Waals surface area contributed by atoms with Gasteiger partial charge in [0.05, 0.1) is 17.0 Å². The van der Waals surface area contributed by atoms with Gasteiger partial charge >= 0.3 is 0 Å². The smallest absolute Gasteiger partial charge is 0.297 e. The molecule has 0 saturated carbocycles. The first-order valence-electron chi connectivity index (χ1n) is 27.3. The van der Waals surface area contributed by atoms with Crippen LogP contribution in [0.3, 0.4) is 0 Å². The third-order valence-electron chi connectivity index (χ3n) is 16.1. The summed E-state index contributed by atoms with van der Waals surface area (Å²) in [7, 11) is 0. The SMILES string of the molecule is Cc1cc2c3c(c1)N(c1ccc(C(C)(C)C)cc1)c1c(oc4ccc(C(C)(C)C)cc14)B3c1ccc(N(c3ccc(C(C)(C)C)cc3)c3ccc(C(C)(C)C)cc3)cc1N2c1c(-c2ccccc2)ccc2ccccc12. The third kappa shape index (κ3) is 8.31. The maximum absolute atomic E-state index is 7.45. The van der Waals surface area contributed by atoms with Crippen molar-refractivity contribution in [3.8, 4) is 11.1 Å². The molecule has 0 amide bonds. The quantitative estimate of drug-likeness (QED) is 0.155. The molecular formula is C71H70BN3O. The van der Waals surface area contributed by atoms with Gasteiger partial charge < -0.3 is 19.1 Å². The van der Waals surface area contributed by atoms with Gasteiger partial charge in [0, 0.05) is 56.1 Å². The van der Waals surface area contributed by atoms with Gasteiger partial charge in [-0.15, -0.1) is 0 Å². The molecule has 0 bridgehead atoms. The molecule has 378 valence electrons. The van der Waals surface area contributed by atoms with Crippen molar-refractivity contribution in [1.29, 1.82) is 0 Å². The van der Waals surface area contributed by atoms with Crippen molar-refractivity contribution in [3.05, 3.63) is 216 Å². The van der Waals surface area contributed by atoms with Crippen LogP contribution < -0.4 is 31.3 Å². The van der Waals surface area contributed by atoms with E-state index in [0.717, 1.165) is 62.1 Å². The van der Waals surface area contributed by atoms with E-state index in [2.05, 4.69) is 293 Å². The van der Waals surface area contributed by atoms with Crippen molar-refractivity contribution < 1.29 is 4.42 Å². The highest BCUT2D eigenvalue weighted by atomic mass is 16.3. The molecule has 0 aliphatic carbocycles. The van der Waals surface area contributed by atoms with E-state index in [9.17, 15) is 0 Å². The molecule has 10 aromatic rings. The Morgan fingerprint density at radius 2 is 0.947 bits per heavy atom. The summed E-state index contributed by atoms with van der Waals surface area (Å²) in [5, 5.41) is 3.50. The van der Waals surface area contributed by atoms with Crippen molar-refractivity contribution in [2.45, 2.75) is 112 Å². The molecular weight excluding hydrogens is 922 g/mol. The fourth-order valence-corrected chi connectivity index (χ4v) is 11.8. The van der Waals surface area contributed by atoms with Gasteiger partial charge in [0.2, 0.25) is 0 Å². The number of hydrogen-bond donors (Lipinski definition) is 0. The second-order valence-corrected chi connectivity index (χ2v) is 25.6. The average molecular weight is 992 g/mol. The van der Waals surface area contributed by atoms with E-state index < -0.39 is 0 Å². The van der Waals surface area contributed by atoms with Gasteiger partial charge in [0.25, 0.3) is 6.71 Å². The lowest BCUT2D eigenvalue weighted by Crippen LogP contribution is -2.61. The molecule has 76 heavy (non-hydrogen) atoms. The van der Waals surface area contributed by atoms with Crippen LogP contribution in [0.25, 0.3) is 32.9 Å². The molecule has 9 aromatic carbocycles. The second kappa shape index (κ2) is 17.7. The van der Waals surface area contributed by atoms with Crippen LogP contribution in [-0.4, -0.2) is 6.71 Å². The van der Waals surface area contributed by atoms with Crippen LogP contribution in [0.1, 0.15) is 111 Å². The summed E-state index contributed by atoms with van der Waals surface area (Å²) in [4.78, 5) is 7.58. The van der Waals surface area contributed by atoms with Crippen molar-refractivity contribution in [2.24, 2.45) is 0 Å². The molecule has 12 rings (SSSR count). The zero-order valence-corrected chi connectivity index (χ0v) is 46.7. The zero-order valence-electron chi connectivity index (χ0n) is 46.7. The monoisotopic (exact) mass is 992 g/mol. The number of anilines is 9. The van der Waals surface area contributed by atoms with Crippen LogP contribution >= 0.6 is 0 Å². The van der Waals surface area contributed by atoms with Crippen LogP contribution in [-0.2, 0) is 21.7 Å². The Labute approximate surface area is 451 Å². The van der Waals surface area contributed by atoms with Gasteiger partial charge in [-0.1, -0.05) is 198 Å². The van der Waals surface area contributed by atoms with Gasteiger partial charge in [-0.25, -0.2) is 0 Å². The normalized spacial score (nSPS) is 13.5. The van der Waals surface area contributed by atoms with Gasteiger partial charge in [-0.05, 0) is 151 Å². The number of nitrogens with zero attached hydrogens (tertiary/aromatic N) is 3. The lowest BCUT2D eigenvalue weighted by molar-refractivity contribution is 0.590. The van der Waals surface area contributed by atoms with Crippen LogP contribution in [0.4, 0.5) is 51.2 Å². The number of hydrogen-bond acceptors (Lipinski definition) is 4. The molecule has 2 aliphatic heterocycles. The van der Waals surface area contributed by atoms with E-state index in [4.69, 9.17) is 4.42 Å². The van der Waals surface area contributed by atoms with Crippen molar-refractivity contribution in [1.82, 2.24) is 0 Å². The molecule has 2 aliphatic rings. The Hall–Kier alpha value is -7.76. The lowest BCUT2D eigenvalue weighted by atomic mass is 9.35. The topological polar surface area (TPSA) is 22.9 Å². The van der Waals surface area contributed by atoms with Crippen LogP contribution in [0.15, 0.2) is 192 Å².